The van der Waals surface area contributed by atoms with Crippen LogP contribution >= 0.6 is 0 Å². The van der Waals surface area contributed by atoms with Crippen molar-refractivity contribution in [1.82, 2.24) is 24.4 Å². The molecular formula is C23H26N8O2. The van der Waals surface area contributed by atoms with Crippen molar-refractivity contribution in [3.05, 3.63) is 46.4 Å². The van der Waals surface area contributed by atoms with Gasteiger partial charge < -0.3 is 10.6 Å². The van der Waals surface area contributed by atoms with E-state index in [1.54, 1.807) is 13.1 Å². The van der Waals surface area contributed by atoms with E-state index in [-0.39, 0.29) is 18.1 Å². The molecule has 0 unspecified atom stereocenters. The lowest BCUT2D eigenvalue weighted by Crippen LogP contribution is -2.44. The zero-order valence-corrected chi connectivity index (χ0v) is 18.5. The number of rotatable bonds is 4. The number of amidine groups is 1. The maximum atomic E-state index is 13.5. The van der Waals surface area contributed by atoms with Crippen LogP contribution in [0.5, 0.6) is 0 Å². The summed E-state index contributed by atoms with van der Waals surface area (Å²) in [7, 11) is 0. The molecule has 1 saturated heterocycles. The van der Waals surface area contributed by atoms with Gasteiger partial charge in [0.2, 0.25) is 5.95 Å². The molecule has 0 radical (unpaired) electrons. The molecule has 1 fully saturated rings. The number of hydrogen-bond acceptors (Lipinski definition) is 8. The second-order valence-corrected chi connectivity index (χ2v) is 8.33. The first-order valence-corrected chi connectivity index (χ1v) is 11.0. The van der Waals surface area contributed by atoms with Crippen LogP contribution in [0.1, 0.15) is 25.3 Å². The van der Waals surface area contributed by atoms with Crippen LogP contribution in [0.3, 0.4) is 0 Å². The van der Waals surface area contributed by atoms with Crippen molar-refractivity contribution in [2.75, 3.05) is 18.0 Å². The van der Waals surface area contributed by atoms with E-state index in [0.29, 0.717) is 42.5 Å². The summed E-state index contributed by atoms with van der Waals surface area (Å²) in [6, 6.07) is 7.67. The zero-order chi connectivity index (χ0) is 22.9. The van der Waals surface area contributed by atoms with Crippen LogP contribution in [0.4, 0.5) is 11.6 Å². The molecule has 0 aliphatic carbocycles. The highest BCUT2D eigenvalue weighted by Crippen LogP contribution is 2.26. The summed E-state index contributed by atoms with van der Waals surface area (Å²) in [6.07, 6.45) is 3.53. The van der Waals surface area contributed by atoms with Gasteiger partial charge in [-0.05, 0) is 31.4 Å². The van der Waals surface area contributed by atoms with Crippen LogP contribution in [-0.4, -0.2) is 54.6 Å². The lowest BCUT2D eigenvalue weighted by molar-refractivity contribution is -0.0275. The van der Waals surface area contributed by atoms with E-state index in [1.807, 2.05) is 28.8 Å². The summed E-state index contributed by atoms with van der Waals surface area (Å²) in [5, 5.41) is 15.8. The fourth-order valence-electron chi connectivity index (χ4n) is 4.38. The first-order valence-electron chi connectivity index (χ1n) is 11.0. The Morgan fingerprint density at radius 1 is 1.30 bits per heavy atom. The van der Waals surface area contributed by atoms with Gasteiger partial charge in [0.05, 0.1) is 25.0 Å². The van der Waals surface area contributed by atoms with Crippen LogP contribution in [0.2, 0.25) is 0 Å². The number of imidazole rings is 1. The highest BCUT2D eigenvalue weighted by Gasteiger charge is 2.25. The predicted octanol–water partition coefficient (Wildman–Crippen LogP) is 1.48. The van der Waals surface area contributed by atoms with E-state index in [1.165, 1.54) is 4.68 Å². The Kier molecular flexibility index (Phi) is 5.58. The van der Waals surface area contributed by atoms with Gasteiger partial charge in [-0.1, -0.05) is 24.1 Å². The molecule has 1 atom stereocenters. The molecule has 0 bridgehead atoms. The van der Waals surface area contributed by atoms with Gasteiger partial charge in [0.25, 0.3) is 5.56 Å². The molecule has 0 spiro atoms. The van der Waals surface area contributed by atoms with Gasteiger partial charge in [-0.3, -0.25) is 14.6 Å². The van der Waals surface area contributed by atoms with Crippen LogP contribution in [0, 0.1) is 11.8 Å². The molecule has 3 aromatic rings. The quantitative estimate of drug-likeness (QED) is 0.583. The average molecular weight is 447 g/mol. The molecule has 3 N–H and O–H groups in total. The van der Waals surface area contributed by atoms with Gasteiger partial charge in [-0.15, -0.1) is 5.92 Å². The number of hydrogen-bond donors (Lipinski definition) is 2. The lowest BCUT2D eigenvalue weighted by atomic mass is 10.1. The van der Waals surface area contributed by atoms with Crippen molar-refractivity contribution >= 4 is 28.5 Å². The van der Waals surface area contributed by atoms with Crippen molar-refractivity contribution in [3.63, 3.8) is 0 Å². The third kappa shape index (κ3) is 3.97. The summed E-state index contributed by atoms with van der Waals surface area (Å²) in [4.78, 5) is 24.9. The van der Waals surface area contributed by atoms with Crippen LogP contribution < -0.4 is 16.2 Å². The molecule has 4 heterocycles. The molecular weight excluding hydrogens is 420 g/mol. The van der Waals surface area contributed by atoms with E-state index < -0.39 is 0 Å². The largest absolute Gasteiger partial charge is 0.341 e. The predicted molar refractivity (Wildman–Crippen MR) is 126 cm³/mol. The molecule has 2 aromatic heterocycles. The maximum Gasteiger partial charge on any atom is 0.293 e. The van der Waals surface area contributed by atoms with Crippen molar-refractivity contribution in [2.45, 2.75) is 45.4 Å². The van der Waals surface area contributed by atoms with Crippen molar-refractivity contribution < 1.29 is 5.21 Å². The Labute approximate surface area is 190 Å². The van der Waals surface area contributed by atoms with Gasteiger partial charge >= 0.3 is 0 Å². The molecule has 10 heteroatoms. The monoisotopic (exact) mass is 446 g/mol. The second kappa shape index (κ2) is 8.69. The minimum Gasteiger partial charge on any atom is -0.341 e. The van der Waals surface area contributed by atoms with Gasteiger partial charge in [-0.2, -0.15) is 5.10 Å². The fourth-order valence-corrected chi connectivity index (χ4v) is 4.38. The highest BCUT2D eigenvalue weighted by atomic mass is 16.5. The van der Waals surface area contributed by atoms with E-state index >= 15 is 0 Å². The maximum absolute atomic E-state index is 13.5. The van der Waals surface area contributed by atoms with Crippen molar-refractivity contribution in [2.24, 2.45) is 10.7 Å². The summed E-state index contributed by atoms with van der Waals surface area (Å²) < 4.78 is 3.15. The normalized spacial score (nSPS) is 18.0. The molecule has 10 nitrogen and oxygen atoms in total. The summed E-state index contributed by atoms with van der Waals surface area (Å²) in [6.45, 7) is 3.95. The van der Waals surface area contributed by atoms with Gasteiger partial charge in [0, 0.05) is 19.1 Å². The minimum absolute atomic E-state index is 0.0359. The number of aromatic nitrogens is 4. The van der Waals surface area contributed by atoms with Gasteiger partial charge in [0.15, 0.2) is 5.84 Å². The number of fused-ring (bicyclic) bond motifs is 2. The second-order valence-electron chi connectivity index (χ2n) is 8.33. The van der Waals surface area contributed by atoms with Crippen molar-refractivity contribution in [3.8, 4) is 11.8 Å². The Balaban J connectivity index is 1.56. The van der Waals surface area contributed by atoms with Crippen LogP contribution in [0.25, 0.3) is 11.0 Å². The minimum atomic E-state index is -0.305. The molecule has 5 rings (SSSR count). The molecule has 0 amide bonds. The highest BCUT2D eigenvalue weighted by molar-refractivity contribution is 5.86. The first-order chi connectivity index (χ1) is 16.0. The van der Waals surface area contributed by atoms with Crippen LogP contribution in [0.15, 0.2) is 40.2 Å². The SMILES string of the molecule is CC#CCn1c(N2CCC[C@@H](N)C2)nc2cnn(CC3=Nc4ccccc4CN3O)c(=O)c21. The molecule has 2 aliphatic rings. The first kappa shape index (κ1) is 21.2. The summed E-state index contributed by atoms with van der Waals surface area (Å²) in [5.41, 5.74) is 8.52. The number of nitrogens with two attached hydrogens (primary N) is 1. The lowest BCUT2D eigenvalue weighted by Gasteiger charge is -2.31. The van der Waals surface area contributed by atoms with Crippen molar-refractivity contribution in [1.29, 1.82) is 0 Å². The number of nitrogens with zero attached hydrogens (tertiary/aromatic N) is 7. The van der Waals surface area contributed by atoms with E-state index in [0.717, 1.165) is 35.7 Å². The molecule has 2 aliphatic heterocycles. The Bertz CT molecular complexity index is 1350. The molecule has 1 aromatic carbocycles. The third-order valence-electron chi connectivity index (χ3n) is 6.04. The van der Waals surface area contributed by atoms with E-state index in [9.17, 15) is 10.0 Å². The van der Waals surface area contributed by atoms with Crippen LogP contribution in [-0.2, 0) is 19.6 Å². The molecule has 170 valence electrons. The Morgan fingerprint density at radius 2 is 2.15 bits per heavy atom. The Hall–Kier alpha value is -3.68. The van der Waals surface area contributed by atoms with Gasteiger partial charge in [-0.25, -0.2) is 19.7 Å². The number of benzene rings is 1. The fraction of sp³-hybridized carbons (Fsp3) is 0.391. The number of anilines is 1. The number of hydroxylamine groups is 2. The van der Waals surface area contributed by atoms with Gasteiger partial charge in [0.1, 0.15) is 17.6 Å². The molecule has 33 heavy (non-hydrogen) atoms. The summed E-state index contributed by atoms with van der Waals surface area (Å²) in [5.74, 6) is 6.99. The smallest absolute Gasteiger partial charge is 0.293 e. The zero-order valence-electron chi connectivity index (χ0n) is 18.5. The third-order valence-corrected chi connectivity index (χ3v) is 6.04. The number of aliphatic imine (C=N–C) groups is 1. The number of piperidine rings is 1. The average Bonchev–Trinajstić information content (AvgIpc) is 3.19. The molecule has 0 saturated carbocycles. The standard InChI is InChI=1S/C23H26N8O2/c1-2-3-11-29-21-19(27-23(29)28-10-6-8-17(24)14-28)12-25-30(22(21)32)15-20-26-18-9-5-4-7-16(18)13-31(20)33/h4-5,7,9,12,17,33H,6,8,10-11,13-15,24H2,1H3/t17-/m1/s1. The topological polar surface area (TPSA) is 118 Å². The van der Waals surface area contributed by atoms with E-state index in [2.05, 4.69) is 26.8 Å². The number of para-hydroxylation sites is 1. The Morgan fingerprint density at radius 3 is 2.97 bits per heavy atom. The summed E-state index contributed by atoms with van der Waals surface area (Å²) >= 11 is 0. The van der Waals surface area contributed by atoms with E-state index in [4.69, 9.17) is 10.7 Å².